The summed E-state index contributed by atoms with van der Waals surface area (Å²) >= 11 is 0. The first-order chi connectivity index (χ1) is 15.0. The van der Waals surface area contributed by atoms with Gasteiger partial charge in [-0.2, -0.15) is 0 Å². The molecule has 1 amide bonds. The summed E-state index contributed by atoms with van der Waals surface area (Å²) in [5.74, 6) is 1.05. The smallest absolute Gasteiger partial charge is 0.222 e. The van der Waals surface area contributed by atoms with E-state index in [1.807, 2.05) is 54.6 Å². The van der Waals surface area contributed by atoms with Crippen LogP contribution >= 0.6 is 0 Å². The molecule has 0 spiro atoms. The summed E-state index contributed by atoms with van der Waals surface area (Å²) in [5.41, 5.74) is 2.11. The summed E-state index contributed by atoms with van der Waals surface area (Å²) in [7, 11) is -3.32. The zero-order chi connectivity index (χ0) is 21.7. The molecule has 6 nitrogen and oxygen atoms in total. The minimum atomic E-state index is -3.32. The van der Waals surface area contributed by atoms with Crippen LogP contribution in [0.2, 0.25) is 0 Å². The molecule has 0 atom stereocenters. The van der Waals surface area contributed by atoms with Crippen LogP contribution in [-0.2, 0) is 33.4 Å². The van der Waals surface area contributed by atoms with Crippen LogP contribution in [0.15, 0.2) is 77.4 Å². The van der Waals surface area contributed by atoms with Crippen molar-refractivity contribution >= 4 is 15.7 Å². The topological polar surface area (TPSA) is 76.8 Å². The number of carbonyl (C=O) groups is 1. The molecule has 0 bridgehead atoms. The number of furan rings is 1. The predicted octanol–water partition coefficient (Wildman–Crippen LogP) is 3.62. The Balaban J connectivity index is 1.23. The van der Waals surface area contributed by atoms with E-state index in [2.05, 4.69) is 0 Å². The van der Waals surface area contributed by atoms with Gasteiger partial charge in [-0.25, -0.2) is 8.42 Å². The average Bonchev–Trinajstić information content (AvgIpc) is 3.23. The highest BCUT2D eigenvalue weighted by molar-refractivity contribution is 7.91. The van der Waals surface area contributed by atoms with Gasteiger partial charge in [-0.1, -0.05) is 42.5 Å². The Kier molecular flexibility index (Phi) is 6.42. The molecule has 1 aliphatic heterocycles. The van der Waals surface area contributed by atoms with Crippen LogP contribution in [0.25, 0.3) is 0 Å². The van der Waals surface area contributed by atoms with Crippen LogP contribution in [-0.4, -0.2) is 37.6 Å². The van der Waals surface area contributed by atoms with Gasteiger partial charge >= 0.3 is 0 Å². The van der Waals surface area contributed by atoms with E-state index in [9.17, 15) is 13.2 Å². The summed E-state index contributed by atoms with van der Waals surface area (Å²) in [4.78, 5) is 14.1. The molecule has 0 unspecified atom stereocenters. The minimum absolute atomic E-state index is 0.0277. The zero-order valence-electron chi connectivity index (χ0n) is 17.1. The van der Waals surface area contributed by atoms with Gasteiger partial charge in [-0.05, 0) is 41.8 Å². The van der Waals surface area contributed by atoms with E-state index in [-0.39, 0.29) is 24.7 Å². The van der Waals surface area contributed by atoms with E-state index in [4.69, 9.17) is 9.15 Å². The third-order valence-electron chi connectivity index (χ3n) is 5.41. The Labute approximate surface area is 182 Å². The Hall–Kier alpha value is -3.06. The number of benzene rings is 2. The second kappa shape index (κ2) is 9.39. The molecule has 0 aliphatic carbocycles. The number of likely N-dealkylation sites (tertiary alicyclic amines) is 1. The normalized spacial score (nSPS) is 14.3. The molecule has 31 heavy (non-hydrogen) atoms. The first-order valence-electron chi connectivity index (χ1n) is 10.3. The van der Waals surface area contributed by atoms with Gasteiger partial charge in [0.15, 0.2) is 9.84 Å². The minimum Gasteiger partial charge on any atom is -0.489 e. The SMILES string of the molecule is O=C(CCc1cccc(OCc2ccccc2)c1)N1CC(S(=O)(=O)Cc2ccco2)C1. The zero-order valence-corrected chi connectivity index (χ0v) is 18.0. The molecule has 1 fully saturated rings. The summed E-state index contributed by atoms with van der Waals surface area (Å²) < 4.78 is 35.8. The van der Waals surface area contributed by atoms with Gasteiger partial charge in [0.1, 0.15) is 23.9 Å². The van der Waals surface area contributed by atoms with Crippen LogP contribution in [0.4, 0.5) is 0 Å². The monoisotopic (exact) mass is 439 g/mol. The van der Waals surface area contributed by atoms with Crippen molar-refractivity contribution in [2.45, 2.75) is 30.5 Å². The molecule has 2 aromatic carbocycles. The fraction of sp³-hybridized carbons (Fsp3) is 0.292. The molecule has 162 valence electrons. The highest BCUT2D eigenvalue weighted by Crippen LogP contribution is 2.22. The number of hydrogen-bond acceptors (Lipinski definition) is 5. The first-order valence-corrected chi connectivity index (χ1v) is 12.0. The highest BCUT2D eigenvalue weighted by Gasteiger charge is 2.39. The van der Waals surface area contributed by atoms with E-state index >= 15 is 0 Å². The molecule has 2 heterocycles. The van der Waals surface area contributed by atoms with Gasteiger partial charge in [0.05, 0.1) is 11.5 Å². The third-order valence-corrected chi connectivity index (χ3v) is 7.41. The lowest BCUT2D eigenvalue weighted by Crippen LogP contribution is -2.57. The van der Waals surface area contributed by atoms with Crippen molar-refractivity contribution in [2.75, 3.05) is 13.1 Å². The lowest BCUT2D eigenvalue weighted by atomic mass is 10.1. The van der Waals surface area contributed by atoms with Gasteiger partial charge in [-0.15, -0.1) is 0 Å². The van der Waals surface area contributed by atoms with Crippen molar-refractivity contribution in [2.24, 2.45) is 0 Å². The molecule has 1 aliphatic rings. The summed E-state index contributed by atoms with van der Waals surface area (Å²) in [6, 6.07) is 21.0. The molecular weight excluding hydrogens is 414 g/mol. The molecule has 4 rings (SSSR count). The lowest BCUT2D eigenvalue weighted by molar-refractivity contribution is -0.134. The first kappa shape index (κ1) is 21.2. The fourth-order valence-corrected chi connectivity index (χ4v) is 5.13. The lowest BCUT2D eigenvalue weighted by Gasteiger charge is -2.38. The van der Waals surface area contributed by atoms with Crippen LogP contribution in [0.3, 0.4) is 0 Å². The third kappa shape index (κ3) is 5.55. The van der Waals surface area contributed by atoms with Crippen LogP contribution in [0, 0.1) is 0 Å². The Bertz CT molecular complexity index is 1100. The number of rotatable bonds is 9. The maximum absolute atomic E-state index is 12.5. The summed E-state index contributed by atoms with van der Waals surface area (Å²) in [5, 5.41) is -0.517. The van der Waals surface area contributed by atoms with Gasteiger partial charge < -0.3 is 14.1 Å². The number of hydrogen-bond donors (Lipinski definition) is 0. The molecule has 0 saturated carbocycles. The van der Waals surface area contributed by atoms with E-state index in [1.165, 1.54) is 6.26 Å². The molecule has 0 N–H and O–H groups in total. The van der Waals surface area contributed by atoms with Gasteiger partial charge in [-0.3, -0.25) is 4.79 Å². The number of aryl methyl sites for hydroxylation is 1. The Morgan fingerprint density at radius 3 is 2.52 bits per heavy atom. The second-order valence-electron chi connectivity index (χ2n) is 7.73. The van der Waals surface area contributed by atoms with E-state index in [0.717, 1.165) is 16.9 Å². The maximum atomic E-state index is 12.5. The van der Waals surface area contributed by atoms with Gasteiger partial charge in [0.25, 0.3) is 0 Å². The molecule has 1 aromatic heterocycles. The molecular formula is C24H25NO5S. The highest BCUT2D eigenvalue weighted by atomic mass is 32.2. The molecule has 1 saturated heterocycles. The second-order valence-corrected chi connectivity index (χ2v) is 10.0. The van der Waals surface area contributed by atoms with Crippen molar-refractivity contribution in [1.29, 1.82) is 0 Å². The van der Waals surface area contributed by atoms with E-state index < -0.39 is 15.1 Å². The largest absolute Gasteiger partial charge is 0.489 e. The quantitative estimate of drug-likeness (QED) is 0.509. The Morgan fingerprint density at radius 2 is 1.77 bits per heavy atom. The van der Waals surface area contributed by atoms with Gasteiger partial charge in [0.2, 0.25) is 5.91 Å². The molecule has 7 heteroatoms. The van der Waals surface area contributed by atoms with Crippen molar-refractivity contribution in [3.63, 3.8) is 0 Å². The average molecular weight is 440 g/mol. The number of carbonyl (C=O) groups excluding carboxylic acids is 1. The van der Waals surface area contributed by atoms with Crippen molar-refractivity contribution < 1.29 is 22.4 Å². The van der Waals surface area contributed by atoms with Crippen LogP contribution in [0.1, 0.15) is 23.3 Å². The number of ether oxygens (including phenoxy) is 1. The van der Waals surface area contributed by atoms with Crippen molar-refractivity contribution in [3.8, 4) is 5.75 Å². The number of sulfone groups is 1. The van der Waals surface area contributed by atoms with Gasteiger partial charge in [0, 0.05) is 19.5 Å². The van der Waals surface area contributed by atoms with Crippen LogP contribution < -0.4 is 4.74 Å². The maximum Gasteiger partial charge on any atom is 0.222 e. The predicted molar refractivity (Wildman–Crippen MR) is 117 cm³/mol. The van der Waals surface area contributed by atoms with E-state index in [1.54, 1.807) is 17.0 Å². The van der Waals surface area contributed by atoms with E-state index in [0.29, 0.717) is 25.2 Å². The van der Waals surface area contributed by atoms with Crippen molar-refractivity contribution in [1.82, 2.24) is 4.90 Å². The van der Waals surface area contributed by atoms with Crippen LogP contribution in [0.5, 0.6) is 5.75 Å². The number of amides is 1. The standard InChI is InChI=1S/C24H25NO5S/c26-24(25-15-23(16-25)31(27,28)18-22-10-5-13-29-22)12-11-19-8-4-9-21(14-19)30-17-20-6-2-1-3-7-20/h1-10,13-14,23H,11-12,15-18H2. The molecule has 0 radical (unpaired) electrons. The van der Waals surface area contributed by atoms with Crippen molar-refractivity contribution in [3.05, 3.63) is 89.9 Å². The summed E-state index contributed by atoms with van der Waals surface area (Å²) in [6.07, 6.45) is 2.39. The number of nitrogens with zero attached hydrogens (tertiary/aromatic N) is 1. The molecule has 3 aromatic rings. The fourth-order valence-electron chi connectivity index (χ4n) is 3.52. The Morgan fingerprint density at radius 1 is 1.00 bits per heavy atom. The summed E-state index contributed by atoms with van der Waals surface area (Å²) in [6.45, 7) is 0.995.